The van der Waals surface area contributed by atoms with Gasteiger partial charge in [0.2, 0.25) is 5.88 Å². The lowest BCUT2D eigenvalue weighted by atomic mass is 10.3. The maximum Gasteiger partial charge on any atom is 0.277 e. The van der Waals surface area contributed by atoms with Crippen molar-refractivity contribution in [3.63, 3.8) is 0 Å². The van der Waals surface area contributed by atoms with Gasteiger partial charge in [0.1, 0.15) is 0 Å². The number of nitrogens with one attached hydrogen (secondary N) is 1. The number of rotatable bonds is 9. The van der Waals surface area contributed by atoms with Gasteiger partial charge in [-0.15, -0.1) is 0 Å². The summed E-state index contributed by atoms with van der Waals surface area (Å²) >= 11 is 6.09. The van der Waals surface area contributed by atoms with E-state index in [0.717, 1.165) is 19.6 Å². The molecule has 0 bridgehead atoms. The smallest absolute Gasteiger partial charge is 0.277 e. The molecule has 0 unspecified atom stereocenters. The number of methoxy groups -OCH3 is 1. The Morgan fingerprint density at radius 2 is 1.87 bits per heavy atom. The predicted octanol–water partition coefficient (Wildman–Crippen LogP) is 1.98. The molecular weight excluding hydrogens is 318 g/mol. The van der Waals surface area contributed by atoms with Crippen molar-refractivity contribution in [2.24, 2.45) is 0 Å². The largest absolute Gasteiger partial charge is 0.479 e. The molecular formula is C15H26ClN5O2. The first kappa shape index (κ1) is 19.4. The summed E-state index contributed by atoms with van der Waals surface area (Å²) in [6, 6.07) is 0. The van der Waals surface area contributed by atoms with Gasteiger partial charge >= 0.3 is 0 Å². The summed E-state index contributed by atoms with van der Waals surface area (Å²) in [5.41, 5.74) is 0.126. The summed E-state index contributed by atoms with van der Waals surface area (Å²) in [6.07, 6.45) is 0. The molecule has 1 aromatic heterocycles. The van der Waals surface area contributed by atoms with Crippen LogP contribution in [-0.2, 0) is 0 Å². The van der Waals surface area contributed by atoms with Gasteiger partial charge in [-0.05, 0) is 20.0 Å². The fraction of sp³-hybridized carbons (Fsp3) is 0.667. The zero-order chi connectivity index (χ0) is 17.4. The third-order valence-electron chi connectivity index (χ3n) is 3.55. The summed E-state index contributed by atoms with van der Waals surface area (Å²) in [4.78, 5) is 24.8. The average Bonchev–Trinajstić information content (AvgIpc) is 2.56. The fourth-order valence-electron chi connectivity index (χ4n) is 2.07. The number of aromatic nitrogens is 2. The number of amides is 1. The standard InChI is InChI=1S/C15H26ClN5O2/c1-6-17-13-12(16)18-11(14(19-13)23-5)15(22)20(4)9-10-21(7-2)8-3/h6-10H2,1-5H3,(H,17,19). The van der Waals surface area contributed by atoms with Crippen molar-refractivity contribution >= 4 is 23.3 Å². The first-order valence-corrected chi connectivity index (χ1v) is 8.19. The molecule has 0 aliphatic rings. The SMILES string of the molecule is CCNc1nc(OC)c(C(=O)N(C)CCN(CC)CC)nc1Cl. The van der Waals surface area contributed by atoms with Gasteiger partial charge in [-0.3, -0.25) is 4.79 Å². The maximum absolute atomic E-state index is 12.6. The summed E-state index contributed by atoms with van der Waals surface area (Å²) in [5, 5.41) is 3.14. The molecule has 0 saturated carbocycles. The average molecular weight is 344 g/mol. The van der Waals surface area contributed by atoms with Crippen LogP contribution in [0.3, 0.4) is 0 Å². The first-order valence-electron chi connectivity index (χ1n) is 7.81. The number of ether oxygens (including phenoxy) is 1. The molecule has 1 N–H and O–H groups in total. The highest BCUT2D eigenvalue weighted by molar-refractivity contribution is 6.31. The van der Waals surface area contributed by atoms with E-state index in [1.807, 2.05) is 6.92 Å². The van der Waals surface area contributed by atoms with E-state index in [2.05, 4.69) is 34.0 Å². The van der Waals surface area contributed by atoms with Crippen LogP contribution in [0.4, 0.5) is 5.82 Å². The molecule has 0 radical (unpaired) electrons. The van der Waals surface area contributed by atoms with Crippen LogP contribution in [0, 0.1) is 0 Å². The number of hydrogen-bond acceptors (Lipinski definition) is 6. The van der Waals surface area contributed by atoms with Crippen molar-refractivity contribution in [2.75, 3.05) is 52.2 Å². The Labute approximate surface area is 143 Å². The number of hydrogen-bond donors (Lipinski definition) is 1. The zero-order valence-electron chi connectivity index (χ0n) is 14.5. The minimum atomic E-state index is -0.258. The van der Waals surface area contributed by atoms with Crippen molar-refractivity contribution in [1.82, 2.24) is 19.8 Å². The molecule has 0 atom stereocenters. The molecule has 0 saturated heterocycles. The molecule has 23 heavy (non-hydrogen) atoms. The predicted molar refractivity (Wildman–Crippen MR) is 92.5 cm³/mol. The highest BCUT2D eigenvalue weighted by Gasteiger charge is 2.22. The van der Waals surface area contributed by atoms with Crippen molar-refractivity contribution in [1.29, 1.82) is 0 Å². The lowest BCUT2D eigenvalue weighted by Gasteiger charge is -2.23. The van der Waals surface area contributed by atoms with Crippen molar-refractivity contribution in [3.8, 4) is 5.88 Å². The Bertz CT molecular complexity index is 523. The van der Waals surface area contributed by atoms with Crippen molar-refractivity contribution < 1.29 is 9.53 Å². The van der Waals surface area contributed by atoms with E-state index in [9.17, 15) is 4.79 Å². The van der Waals surface area contributed by atoms with Gasteiger partial charge in [-0.2, -0.15) is 4.98 Å². The molecule has 1 heterocycles. The maximum atomic E-state index is 12.6. The van der Waals surface area contributed by atoms with Crippen molar-refractivity contribution in [3.05, 3.63) is 10.8 Å². The van der Waals surface area contributed by atoms with Crippen LogP contribution in [0.5, 0.6) is 5.88 Å². The monoisotopic (exact) mass is 343 g/mol. The summed E-state index contributed by atoms with van der Waals surface area (Å²) in [6.45, 7) is 10.1. The Balaban J connectivity index is 2.91. The molecule has 0 aliphatic heterocycles. The van der Waals surface area contributed by atoms with Gasteiger partial charge in [-0.25, -0.2) is 4.98 Å². The first-order chi connectivity index (χ1) is 11.0. The van der Waals surface area contributed by atoms with Crippen LogP contribution in [0.2, 0.25) is 5.15 Å². The third-order valence-corrected chi connectivity index (χ3v) is 3.82. The fourth-order valence-corrected chi connectivity index (χ4v) is 2.27. The molecule has 7 nitrogen and oxygen atoms in total. The lowest BCUT2D eigenvalue weighted by molar-refractivity contribution is 0.0769. The van der Waals surface area contributed by atoms with Crippen LogP contribution in [-0.4, -0.2) is 72.6 Å². The minimum absolute atomic E-state index is 0.126. The van der Waals surface area contributed by atoms with Gasteiger partial charge in [0.15, 0.2) is 16.7 Å². The number of carbonyl (C=O) groups is 1. The topological polar surface area (TPSA) is 70.6 Å². The number of nitrogens with zero attached hydrogens (tertiary/aromatic N) is 4. The second-order valence-corrected chi connectivity index (χ2v) is 5.36. The molecule has 8 heteroatoms. The quantitative estimate of drug-likeness (QED) is 0.739. The number of anilines is 1. The van der Waals surface area contributed by atoms with Crippen LogP contribution in [0.25, 0.3) is 0 Å². The van der Waals surface area contributed by atoms with E-state index in [-0.39, 0.29) is 22.6 Å². The molecule has 0 spiro atoms. The Kier molecular flexibility index (Phi) is 8.05. The van der Waals surface area contributed by atoms with E-state index in [1.54, 1.807) is 11.9 Å². The number of likely N-dealkylation sites (N-methyl/N-ethyl adjacent to an activating group) is 2. The van der Waals surface area contributed by atoms with E-state index < -0.39 is 0 Å². The minimum Gasteiger partial charge on any atom is -0.479 e. The summed E-state index contributed by atoms with van der Waals surface area (Å²) in [7, 11) is 3.19. The Morgan fingerprint density at radius 1 is 1.22 bits per heavy atom. The van der Waals surface area contributed by atoms with E-state index >= 15 is 0 Å². The van der Waals surface area contributed by atoms with Crippen LogP contribution >= 0.6 is 11.6 Å². The Hall–Kier alpha value is -1.60. The second-order valence-electron chi connectivity index (χ2n) is 5.00. The van der Waals surface area contributed by atoms with Crippen LogP contribution in [0.15, 0.2) is 0 Å². The molecule has 0 aliphatic carbocycles. The summed E-state index contributed by atoms with van der Waals surface area (Å²) < 4.78 is 5.20. The Morgan fingerprint density at radius 3 is 2.39 bits per heavy atom. The second kappa shape index (κ2) is 9.52. The highest BCUT2D eigenvalue weighted by atomic mass is 35.5. The summed E-state index contributed by atoms with van der Waals surface area (Å²) in [5.74, 6) is 0.324. The molecule has 0 aromatic carbocycles. The molecule has 1 amide bonds. The molecule has 1 aromatic rings. The molecule has 130 valence electrons. The van der Waals surface area contributed by atoms with Gasteiger partial charge in [0.05, 0.1) is 7.11 Å². The van der Waals surface area contributed by atoms with Gasteiger partial charge in [-0.1, -0.05) is 25.4 Å². The van der Waals surface area contributed by atoms with Gasteiger partial charge in [0, 0.05) is 26.7 Å². The zero-order valence-corrected chi connectivity index (χ0v) is 15.3. The van der Waals surface area contributed by atoms with Crippen LogP contribution in [0.1, 0.15) is 31.3 Å². The van der Waals surface area contributed by atoms with Crippen LogP contribution < -0.4 is 10.1 Å². The van der Waals surface area contributed by atoms with Gasteiger partial charge in [0.25, 0.3) is 5.91 Å². The highest BCUT2D eigenvalue weighted by Crippen LogP contribution is 2.24. The van der Waals surface area contributed by atoms with E-state index in [0.29, 0.717) is 18.9 Å². The lowest BCUT2D eigenvalue weighted by Crippen LogP contribution is -2.36. The number of carbonyl (C=O) groups excluding carboxylic acids is 1. The van der Waals surface area contributed by atoms with E-state index in [1.165, 1.54) is 7.11 Å². The molecule has 0 fully saturated rings. The van der Waals surface area contributed by atoms with E-state index in [4.69, 9.17) is 16.3 Å². The number of halogens is 1. The normalized spacial score (nSPS) is 10.7. The molecule has 1 rings (SSSR count). The van der Waals surface area contributed by atoms with Crippen molar-refractivity contribution in [2.45, 2.75) is 20.8 Å². The third kappa shape index (κ3) is 5.21. The van der Waals surface area contributed by atoms with Gasteiger partial charge < -0.3 is 19.9 Å².